The predicted molar refractivity (Wildman–Crippen MR) is 54.9 cm³/mol. The van der Waals surface area contributed by atoms with Crippen LogP contribution >= 0.6 is 0 Å². The summed E-state index contributed by atoms with van der Waals surface area (Å²) in [6.07, 6.45) is -0.542. The van der Waals surface area contributed by atoms with Crippen molar-refractivity contribution in [1.82, 2.24) is 0 Å². The Morgan fingerprint density at radius 3 is 2.47 bits per heavy atom. The maximum atomic E-state index is 10.7. The highest BCUT2D eigenvalue weighted by atomic mass is 16.3. The third kappa shape index (κ3) is 3.18. The van der Waals surface area contributed by atoms with E-state index in [9.17, 15) is 14.7 Å². The summed E-state index contributed by atoms with van der Waals surface area (Å²) in [5.41, 5.74) is 5.80. The van der Waals surface area contributed by atoms with Crippen LogP contribution in [0.3, 0.4) is 0 Å². The van der Waals surface area contributed by atoms with Crippen LogP contribution in [0.5, 0.6) is 0 Å². The summed E-state index contributed by atoms with van der Waals surface area (Å²) in [5.74, 6) is -1.65. The summed E-state index contributed by atoms with van der Waals surface area (Å²) in [4.78, 5) is 21.4. The summed E-state index contributed by atoms with van der Waals surface area (Å²) < 4.78 is 0. The number of carbonyl (C=O) groups is 2. The maximum absolute atomic E-state index is 10.7. The van der Waals surface area contributed by atoms with E-state index in [4.69, 9.17) is 5.73 Å². The van der Waals surface area contributed by atoms with Crippen LogP contribution in [0.2, 0.25) is 0 Å². The molecule has 2 atom stereocenters. The van der Waals surface area contributed by atoms with E-state index >= 15 is 0 Å². The Balaban J connectivity index is 2.70. The molecule has 1 aromatic carbocycles. The van der Waals surface area contributed by atoms with Gasteiger partial charge in [-0.3, -0.25) is 4.79 Å². The number of amides is 1. The summed E-state index contributed by atoms with van der Waals surface area (Å²) in [6, 6.07) is 9.15. The summed E-state index contributed by atoms with van der Waals surface area (Å²) in [5, 5.41) is 9.34. The summed E-state index contributed by atoms with van der Waals surface area (Å²) in [6.45, 7) is 0. The second kappa shape index (κ2) is 5.26. The highest BCUT2D eigenvalue weighted by Crippen LogP contribution is 2.10. The van der Waals surface area contributed by atoms with Gasteiger partial charge in [-0.25, -0.2) is 0 Å². The van der Waals surface area contributed by atoms with E-state index in [2.05, 4.69) is 0 Å². The fourth-order valence-electron chi connectivity index (χ4n) is 1.33. The molecule has 0 radical (unpaired) electrons. The molecular formula is C11H13NO3. The van der Waals surface area contributed by atoms with Gasteiger partial charge in [0, 0.05) is 0 Å². The molecule has 4 nitrogen and oxygen atoms in total. The molecule has 4 heteroatoms. The number of aldehydes is 1. The second-order valence-corrected chi connectivity index (χ2v) is 3.34. The lowest BCUT2D eigenvalue weighted by atomic mass is 9.95. The Morgan fingerprint density at radius 2 is 2.00 bits per heavy atom. The van der Waals surface area contributed by atoms with Crippen molar-refractivity contribution in [2.24, 2.45) is 11.7 Å². The third-order valence-electron chi connectivity index (χ3n) is 2.19. The van der Waals surface area contributed by atoms with E-state index in [1.165, 1.54) is 0 Å². The van der Waals surface area contributed by atoms with Crippen LogP contribution in [0.25, 0.3) is 0 Å². The van der Waals surface area contributed by atoms with Gasteiger partial charge < -0.3 is 15.6 Å². The number of nitrogens with two attached hydrogens (primary N) is 1. The van der Waals surface area contributed by atoms with E-state index in [0.29, 0.717) is 12.7 Å². The van der Waals surface area contributed by atoms with Gasteiger partial charge in [-0.15, -0.1) is 0 Å². The molecule has 80 valence electrons. The van der Waals surface area contributed by atoms with Crippen LogP contribution in [0, 0.1) is 5.92 Å². The van der Waals surface area contributed by atoms with Gasteiger partial charge in [0.1, 0.15) is 12.4 Å². The average Bonchev–Trinajstić information content (AvgIpc) is 2.26. The standard InChI is InChI=1S/C11H13NO3/c12-11(15)10(14)9(7-13)6-8-4-2-1-3-5-8/h1-5,7,9-10,14H,6H2,(H2,12,15). The molecule has 0 saturated carbocycles. The van der Waals surface area contributed by atoms with Crippen LogP contribution in [-0.4, -0.2) is 23.4 Å². The molecule has 0 heterocycles. The van der Waals surface area contributed by atoms with Crippen molar-refractivity contribution in [3.8, 4) is 0 Å². The van der Waals surface area contributed by atoms with Crippen molar-refractivity contribution < 1.29 is 14.7 Å². The molecule has 0 saturated heterocycles. The lowest BCUT2D eigenvalue weighted by Crippen LogP contribution is -2.37. The van der Waals surface area contributed by atoms with Crippen molar-refractivity contribution in [1.29, 1.82) is 0 Å². The molecule has 0 fully saturated rings. The molecule has 0 aliphatic heterocycles. The number of primary amides is 1. The molecule has 1 aromatic rings. The van der Waals surface area contributed by atoms with Crippen molar-refractivity contribution in [3.05, 3.63) is 35.9 Å². The summed E-state index contributed by atoms with van der Waals surface area (Å²) in [7, 11) is 0. The minimum absolute atomic E-state index is 0.314. The van der Waals surface area contributed by atoms with E-state index in [-0.39, 0.29) is 0 Å². The number of aliphatic hydroxyl groups excluding tert-OH is 1. The van der Waals surface area contributed by atoms with Gasteiger partial charge in [0.25, 0.3) is 0 Å². The number of rotatable bonds is 5. The van der Waals surface area contributed by atoms with Gasteiger partial charge in [-0.2, -0.15) is 0 Å². The summed E-state index contributed by atoms with van der Waals surface area (Å²) >= 11 is 0. The van der Waals surface area contributed by atoms with Crippen molar-refractivity contribution >= 4 is 12.2 Å². The van der Waals surface area contributed by atoms with E-state index in [1.54, 1.807) is 0 Å². The van der Waals surface area contributed by atoms with E-state index in [1.807, 2.05) is 30.3 Å². The smallest absolute Gasteiger partial charge is 0.247 e. The Bertz CT molecular complexity index is 337. The fourth-order valence-corrected chi connectivity index (χ4v) is 1.33. The average molecular weight is 207 g/mol. The molecule has 0 aliphatic carbocycles. The number of benzene rings is 1. The molecule has 0 aromatic heterocycles. The van der Waals surface area contributed by atoms with Crippen LogP contribution < -0.4 is 5.73 Å². The minimum atomic E-state index is -1.41. The Morgan fingerprint density at radius 1 is 1.40 bits per heavy atom. The maximum Gasteiger partial charge on any atom is 0.247 e. The first-order chi connectivity index (χ1) is 7.15. The monoisotopic (exact) mass is 207 g/mol. The molecule has 0 aliphatic rings. The topological polar surface area (TPSA) is 80.4 Å². The van der Waals surface area contributed by atoms with Crippen LogP contribution in [0.15, 0.2) is 30.3 Å². The van der Waals surface area contributed by atoms with E-state index < -0.39 is 17.9 Å². The number of carbonyl (C=O) groups excluding carboxylic acids is 2. The van der Waals surface area contributed by atoms with Gasteiger partial charge in [0.2, 0.25) is 5.91 Å². The number of hydrogen-bond acceptors (Lipinski definition) is 3. The Kier molecular flexibility index (Phi) is 4.00. The zero-order valence-corrected chi connectivity index (χ0v) is 8.17. The SMILES string of the molecule is NC(=O)C(O)C(C=O)Cc1ccccc1. The molecule has 1 amide bonds. The van der Waals surface area contributed by atoms with Gasteiger partial charge >= 0.3 is 0 Å². The van der Waals surface area contributed by atoms with Crippen LogP contribution in [0.1, 0.15) is 5.56 Å². The lowest BCUT2D eigenvalue weighted by Gasteiger charge is -2.14. The molecule has 15 heavy (non-hydrogen) atoms. The Labute approximate surface area is 87.7 Å². The van der Waals surface area contributed by atoms with Gasteiger partial charge in [0.15, 0.2) is 0 Å². The highest BCUT2D eigenvalue weighted by Gasteiger charge is 2.23. The first-order valence-electron chi connectivity index (χ1n) is 4.61. The Hall–Kier alpha value is -1.68. The van der Waals surface area contributed by atoms with Gasteiger partial charge in [-0.1, -0.05) is 30.3 Å². The van der Waals surface area contributed by atoms with Crippen molar-refractivity contribution in [3.63, 3.8) is 0 Å². The fraction of sp³-hybridized carbons (Fsp3) is 0.273. The number of hydrogen-bond donors (Lipinski definition) is 2. The molecule has 3 N–H and O–H groups in total. The van der Waals surface area contributed by atoms with Crippen molar-refractivity contribution in [2.45, 2.75) is 12.5 Å². The molecule has 2 unspecified atom stereocenters. The number of aliphatic hydroxyl groups is 1. The predicted octanol–water partition coefficient (Wildman–Crippen LogP) is -0.110. The molecule has 0 bridgehead atoms. The zero-order chi connectivity index (χ0) is 11.3. The first kappa shape index (κ1) is 11.4. The van der Waals surface area contributed by atoms with Crippen LogP contribution in [0.4, 0.5) is 0 Å². The van der Waals surface area contributed by atoms with Crippen LogP contribution in [-0.2, 0) is 16.0 Å². The van der Waals surface area contributed by atoms with Crippen molar-refractivity contribution in [2.75, 3.05) is 0 Å². The molecular weight excluding hydrogens is 194 g/mol. The largest absolute Gasteiger partial charge is 0.383 e. The third-order valence-corrected chi connectivity index (χ3v) is 2.19. The first-order valence-corrected chi connectivity index (χ1v) is 4.61. The van der Waals surface area contributed by atoms with Gasteiger partial charge in [-0.05, 0) is 12.0 Å². The highest BCUT2D eigenvalue weighted by molar-refractivity contribution is 5.82. The van der Waals surface area contributed by atoms with E-state index in [0.717, 1.165) is 5.56 Å². The normalized spacial score (nSPS) is 14.2. The molecule has 0 spiro atoms. The minimum Gasteiger partial charge on any atom is -0.383 e. The zero-order valence-electron chi connectivity index (χ0n) is 8.17. The second-order valence-electron chi connectivity index (χ2n) is 3.34. The van der Waals surface area contributed by atoms with Gasteiger partial charge in [0.05, 0.1) is 5.92 Å². The lowest BCUT2D eigenvalue weighted by molar-refractivity contribution is -0.132. The molecule has 1 rings (SSSR count). The quantitative estimate of drug-likeness (QED) is 0.661.